The van der Waals surface area contributed by atoms with E-state index in [1.54, 1.807) is 31.2 Å². The number of nitrogens with zero attached hydrogens (tertiary/aromatic N) is 1. The van der Waals surface area contributed by atoms with Crippen molar-refractivity contribution in [2.45, 2.75) is 23.4 Å². The molecule has 1 atom stereocenters. The number of thioether (sulfide) groups is 1. The number of hydrogen-bond donors (Lipinski definition) is 2. The highest BCUT2D eigenvalue weighted by Crippen LogP contribution is 2.26. The molecule has 2 rings (SSSR count). The molecule has 1 heterocycles. The number of carbonyl (C=O) groups is 2. The molecule has 0 bridgehead atoms. The lowest BCUT2D eigenvalue weighted by atomic mass is 10.2. The minimum atomic E-state index is -0.341. The van der Waals surface area contributed by atoms with Crippen LogP contribution >= 0.6 is 23.1 Å². The fourth-order valence-corrected chi connectivity index (χ4v) is 3.46. The molecule has 0 spiro atoms. The van der Waals surface area contributed by atoms with Crippen molar-refractivity contribution in [2.75, 3.05) is 0 Å². The van der Waals surface area contributed by atoms with E-state index in [4.69, 9.17) is 0 Å². The predicted octanol–water partition coefficient (Wildman–Crippen LogP) is 2.39. The van der Waals surface area contributed by atoms with Crippen molar-refractivity contribution in [3.8, 4) is 0 Å². The quantitative estimate of drug-likeness (QED) is 0.670. The lowest BCUT2D eigenvalue weighted by molar-refractivity contribution is -0.121. The van der Waals surface area contributed by atoms with Crippen molar-refractivity contribution in [1.82, 2.24) is 15.8 Å². The molecule has 0 saturated carbocycles. The molecule has 1 aromatic carbocycles. The van der Waals surface area contributed by atoms with Crippen molar-refractivity contribution in [3.05, 3.63) is 47.0 Å². The van der Waals surface area contributed by atoms with E-state index < -0.39 is 0 Å². The van der Waals surface area contributed by atoms with Gasteiger partial charge in [0.2, 0.25) is 0 Å². The Morgan fingerprint density at radius 3 is 2.57 bits per heavy atom. The number of nitrogens with one attached hydrogen (secondary N) is 2. The highest BCUT2D eigenvalue weighted by atomic mass is 32.2. The number of thiazole rings is 1. The maximum atomic E-state index is 11.9. The Bertz CT molecular complexity index is 628. The monoisotopic (exact) mass is 321 g/mol. The largest absolute Gasteiger partial charge is 0.272 e. The third-order valence-corrected chi connectivity index (χ3v) is 4.77. The average Bonchev–Trinajstić information content (AvgIpc) is 2.90. The maximum Gasteiger partial charge on any atom is 0.269 e. The average molecular weight is 321 g/mol. The van der Waals surface area contributed by atoms with Crippen LogP contribution in [0.5, 0.6) is 0 Å². The van der Waals surface area contributed by atoms with Gasteiger partial charge in [-0.15, -0.1) is 11.3 Å². The molecular formula is C14H15N3O2S2. The number of benzene rings is 1. The van der Waals surface area contributed by atoms with E-state index in [-0.39, 0.29) is 17.1 Å². The molecule has 7 heteroatoms. The number of carbonyl (C=O) groups excluding carboxylic acids is 2. The smallest absolute Gasteiger partial charge is 0.269 e. The second-order valence-corrected chi connectivity index (χ2v) is 6.77. The van der Waals surface area contributed by atoms with Crippen LogP contribution in [0.3, 0.4) is 0 Å². The topological polar surface area (TPSA) is 71.1 Å². The zero-order valence-corrected chi connectivity index (χ0v) is 13.3. The van der Waals surface area contributed by atoms with Gasteiger partial charge in [-0.25, -0.2) is 4.98 Å². The van der Waals surface area contributed by atoms with Crippen LogP contribution in [0.25, 0.3) is 0 Å². The first-order chi connectivity index (χ1) is 10.1. The zero-order chi connectivity index (χ0) is 15.2. The Kier molecular flexibility index (Phi) is 5.35. The Morgan fingerprint density at radius 2 is 1.95 bits per heavy atom. The summed E-state index contributed by atoms with van der Waals surface area (Å²) in [6.07, 6.45) is 0. The van der Waals surface area contributed by atoms with Gasteiger partial charge in [-0.05, 0) is 26.0 Å². The second kappa shape index (κ2) is 7.24. The first-order valence-corrected chi connectivity index (χ1v) is 8.06. The number of hydrogen-bond acceptors (Lipinski definition) is 5. The van der Waals surface area contributed by atoms with Crippen LogP contribution in [0.15, 0.2) is 40.1 Å². The van der Waals surface area contributed by atoms with E-state index in [0.29, 0.717) is 5.56 Å². The van der Waals surface area contributed by atoms with Crippen molar-refractivity contribution in [3.63, 3.8) is 0 Å². The maximum absolute atomic E-state index is 11.9. The molecule has 0 unspecified atom stereocenters. The van der Waals surface area contributed by atoms with E-state index in [0.717, 1.165) is 10.0 Å². The molecule has 0 aliphatic rings. The molecule has 1 aromatic heterocycles. The van der Waals surface area contributed by atoms with E-state index in [1.807, 2.05) is 18.4 Å². The molecular weight excluding hydrogens is 306 g/mol. The molecule has 2 aromatic rings. The summed E-state index contributed by atoms with van der Waals surface area (Å²) in [5, 5.41) is 1.59. The van der Waals surface area contributed by atoms with E-state index in [2.05, 4.69) is 15.8 Å². The summed E-state index contributed by atoms with van der Waals surface area (Å²) in [5.41, 5.74) is 6.26. The minimum absolute atomic E-state index is 0.267. The van der Waals surface area contributed by atoms with Crippen LogP contribution in [0.1, 0.15) is 23.0 Å². The summed E-state index contributed by atoms with van der Waals surface area (Å²) < 4.78 is 0.838. The fraction of sp³-hybridized carbons (Fsp3) is 0.214. The Hall–Kier alpha value is -1.86. The van der Waals surface area contributed by atoms with Gasteiger partial charge in [0.05, 0.1) is 5.25 Å². The molecule has 2 N–H and O–H groups in total. The molecule has 0 fully saturated rings. The molecule has 0 saturated heterocycles. The number of amides is 2. The fourth-order valence-electron chi connectivity index (χ4n) is 1.47. The normalized spacial score (nSPS) is 11.7. The van der Waals surface area contributed by atoms with Gasteiger partial charge in [0.1, 0.15) is 0 Å². The van der Waals surface area contributed by atoms with Gasteiger partial charge in [0.15, 0.2) is 4.34 Å². The van der Waals surface area contributed by atoms with Crippen molar-refractivity contribution < 1.29 is 9.59 Å². The number of hydrazine groups is 1. The first-order valence-electron chi connectivity index (χ1n) is 6.30. The summed E-state index contributed by atoms with van der Waals surface area (Å²) in [6, 6.07) is 8.71. The highest BCUT2D eigenvalue weighted by molar-refractivity contribution is 8.02. The summed E-state index contributed by atoms with van der Waals surface area (Å²) in [6.45, 7) is 3.68. The lowest BCUT2D eigenvalue weighted by Crippen LogP contribution is -2.44. The van der Waals surface area contributed by atoms with Crippen LogP contribution in [0.4, 0.5) is 0 Å². The molecule has 2 amide bonds. The highest BCUT2D eigenvalue weighted by Gasteiger charge is 2.17. The summed E-state index contributed by atoms with van der Waals surface area (Å²) in [5.74, 6) is -0.608. The van der Waals surface area contributed by atoms with E-state index in [9.17, 15) is 9.59 Å². The summed E-state index contributed by atoms with van der Waals surface area (Å²) >= 11 is 2.87. The van der Waals surface area contributed by atoms with Gasteiger partial charge in [0, 0.05) is 16.6 Å². The van der Waals surface area contributed by atoms with E-state index in [1.165, 1.54) is 23.1 Å². The lowest BCUT2D eigenvalue weighted by Gasteiger charge is -2.11. The van der Waals surface area contributed by atoms with Gasteiger partial charge in [0.25, 0.3) is 11.8 Å². The number of rotatable bonds is 4. The molecule has 0 radical (unpaired) electrons. The first kappa shape index (κ1) is 15.5. The van der Waals surface area contributed by atoms with Crippen molar-refractivity contribution in [1.29, 1.82) is 0 Å². The van der Waals surface area contributed by atoms with Crippen molar-refractivity contribution >= 4 is 34.9 Å². The number of aryl methyl sites for hydroxylation is 1. The van der Waals surface area contributed by atoms with Gasteiger partial charge in [-0.1, -0.05) is 30.0 Å². The van der Waals surface area contributed by atoms with Crippen LogP contribution in [0.2, 0.25) is 0 Å². The van der Waals surface area contributed by atoms with Crippen molar-refractivity contribution in [2.24, 2.45) is 0 Å². The number of aromatic nitrogens is 1. The predicted molar refractivity (Wildman–Crippen MR) is 84.2 cm³/mol. The van der Waals surface area contributed by atoms with Gasteiger partial charge in [-0.2, -0.15) is 0 Å². The summed E-state index contributed by atoms with van der Waals surface area (Å²) in [7, 11) is 0. The SMILES string of the molecule is Cc1csc(S[C@@H](C)C(=O)NNC(=O)c2ccccc2)n1. The third-order valence-electron chi connectivity index (χ3n) is 2.58. The second-order valence-electron chi connectivity index (χ2n) is 4.32. The Labute approximate surface area is 131 Å². The molecule has 110 valence electrons. The molecule has 21 heavy (non-hydrogen) atoms. The van der Waals surface area contributed by atoms with Gasteiger partial charge >= 0.3 is 0 Å². The molecule has 5 nitrogen and oxygen atoms in total. The zero-order valence-electron chi connectivity index (χ0n) is 11.6. The standard InChI is InChI=1S/C14H15N3O2S2/c1-9-8-20-14(15-9)21-10(2)12(18)16-17-13(19)11-6-4-3-5-7-11/h3-8,10H,1-2H3,(H,16,18)(H,17,19)/t10-/m0/s1. The van der Waals surface area contributed by atoms with Gasteiger partial charge < -0.3 is 0 Å². The molecule has 0 aliphatic heterocycles. The van der Waals surface area contributed by atoms with E-state index >= 15 is 0 Å². The van der Waals surface area contributed by atoms with Crippen LogP contribution < -0.4 is 10.9 Å². The van der Waals surface area contributed by atoms with Crippen LogP contribution in [-0.4, -0.2) is 22.0 Å². The summed E-state index contributed by atoms with van der Waals surface area (Å²) in [4.78, 5) is 28.0. The Balaban J connectivity index is 1.82. The van der Waals surface area contributed by atoms with Gasteiger partial charge in [-0.3, -0.25) is 20.4 Å². The Morgan fingerprint density at radius 1 is 1.24 bits per heavy atom. The van der Waals surface area contributed by atoms with Crippen LogP contribution in [-0.2, 0) is 4.79 Å². The molecule has 0 aliphatic carbocycles. The van der Waals surface area contributed by atoms with Crippen LogP contribution in [0, 0.1) is 6.92 Å². The minimum Gasteiger partial charge on any atom is -0.272 e. The third kappa shape index (κ3) is 4.57.